The zero-order valence-electron chi connectivity index (χ0n) is 13.8. The molecule has 1 aromatic heterocycles. The molecule has 132 valence electrons. The summed E-state index contributed by atoms with van der Waals surface area (Å²) in [4.78, 5) is 28.8. The molecule has 0 spiro atoms. The second-order valence-electron chi connectivity index (χ2n) is 6.11. The van der Waals surface area contributed by atoms with Gasteiger partial charge in [-0.05, 0) is 30.5 Å². The Kier molecular flexibility index (Phi) is 4.83. The number of ether oxygens (including phenoxy) is 1. The van der Waals surface area contributed by atoms with Crippen molar-refractivity contribution in [2.45, 2.75) is 18.4 Å². The molecule has 7 heteroatoms. The number of amides is 1. The number of nitrogens with zero attached hydrogens (tertiary/aromatic N) is 1. The summed E-state index contributed by atoms with van der Waals surface area (Å²) in [5.41, 5.74) is -0.321. The fraction of sp³-hybridized carbons (Fsp3) is 0.333. The number of carbonyl (C=O) groups is 1. The Morgan fingerprint density at radius 2 is 1.92 bits per heavy atom. The van der Waals surface area contributed by atoms with E-state index in [-0.39, 0.29) is 22.8 Å². The lowest BCUT2D eigenvalue weighted by molar-refractivity contribution is -0.0212. The number of aliphatic hydroxyl groups is 1. The first kappa shape index (κ1) is 17.5. The number of nitrogens with one attached hydrogen (secondary N) is 1. The van der Waals surface area contributed by atoms with Crippen LogP contribution in [0.4, 0.5) is 0 Å². The third-order valence-corrected chi connectivity index (χ3v) is 4.84. The van der Waals surface area contributed by atoms with Crippen LogP contribution in [0.1, 0.15) is 28.9 Å². The maximum Gasteiger partial charge on any atom is 0.270 e. The third kappa shape index (κ3) is 3.55. The molecular formula is C18H19ClN2O4. The van der Waals surface area contributed by atoms with Crippen molar-refractivity contribution in [3.8, 4) is 5.75 Å². The number of likely N-dealkylation sites (tertiary alicyclic amines) is 1. The predicted octanol–water partition coefficient (Wildman–Crippen LogP) is 2.16. The van der Waals surface area contributed by atoms with Gasteiger partial charge >= 0.3 is 0 Å². The second kappa shape index (κ2) is 6.90. The molecule has 0 bridgehead atoms. The predicted molar refractivity (Wildman–Crippen MR) is 94.1 cm³/mol. The van der Waals surface area contributed by atoms with Crippen LogP contribution in [0.25, 0.3) is 0 Å². The molecule has 2 heterocycles. The molecule has 2 N–H and O–H groups in total. The molecule has 0 radical (unpaired) electrons. The largest absolute Gasteiger partial charge is 0.491 e. The summed E-state index contributed by atoms with van der Waals surface area (Å²) in [6.07, 6.45) is 2.21. The van der Waals surface area contributed by atoms with E-state index in [1.807, 2.05) is 0 Å². The van der Waals surface area contributed by atoms with E-state index in [0.29, 0.717) is 31.0 Å². The number of H-pyrrole nitrogens is 1. The number of methoxy groups -OCH3 is 1. The van der Waals surface area contributed by atoms with Crippen molar-refractivity contribution in [3.05, 3.63) is 63.0 Å². The van der Waals surface area contributed by atoms with Crippen molar-refractivity contribution in [1.29, 1.82) is 0 Å². The number of halogens is 1. The fourth-order valence-electron chi connectivity index (χ4n) is 3.04. The van der Waals surface area contributed by atoms with E-state index in [1.165, 1.54) is 19.4 Å². The van der Waals surface area contributed by atoms with Gasteiger partial charge in [-0.25, -0.2) is 0 Å². The van der Waals surface area contributed by atoms with Gasteiger partial charge in [-0.1, -0.05) is 23.7 Å². The third-order valence-electron chi connectivity index (χ3n) is 4.59. The number of piperidine rings is 1. The van der Waals surface area contributed by atoms with Gasteiger partial charge in [0.2, 0.25) is 5.43 Å². The van der Waals surface area contributed by atoms with Crippen molar-refractivity contribution in [3.63, 3.8) is 0 Å². The van der Waals surface area contributed by atoms with Crippen LogP contribution in [0.2, 0.25) is 5.02 Å². The molecule has 0 aliphatic carbocycles. The molecule has 1 fully saturated rings. The number of pyridine rings is 1. The number of benzene rings is 1. The standard InChI is InChI=1S/C18H19ClN2O4/c1-25-16-11-20-14(10-15(16)22)17(23)21-8-6-18(24,7-9-21)12-2-4-13(19)5-3-12/h2-5,10-11,24H,6-9H2,1H3,(H,20,22). The molecule has 0 saturated carbocycles. The van der Waals surface area contributed by atoms with Gasteiger partial charge in [0.1, 0.15) is 5.69 Å². The minimum atomic E-state index is -0.977. The lowest BCUT2D eigenvalue weighted by atomic mass is 9.84. The molecule has 1 aromatic carbocycles. The second-order valence-corrected chi connectivity index (χ2v) is 6.55. The molecule has 6 nitrogen and oxygen atoms in total. The van der Waals surface area contributed by atoms with Gasteiger partial charge < -0.3 is 19.7 Å². The van der Waals surface area contributed by atoms with E-state index < -0.39 is 5.60 Å². The van der Waals surface area contributed by atoms with Crippen molar-refractivity contribution >= 4 is 17.5 Å². The summed E-state index contributed by atoms with van der Waals surface area (Å²) in [6, 6.07) is 8.34. The fourth-order valence-corrected chi connectivity index (χ4v) is 3.17. The normalized spacial score (nSPS) is 16.5. The highest BCUT2D eigenvalue weighted by atomic mass is 35.5. The van der Waals surface area contributed by atoms with E-state index in [4.69, 9.17) is 16.3 Å². The molecule has 0 unspecified atom stereocenters. The zero-order chi connectivity index (χ0) is 18.0. The Labute approximate surface area is 150 Å². The van der Waals surface area contributed by atoms with Gasteiger partial charge in [-0.3, -0.25) is 9.59 Å². The highest BCUT2D eigenvalue weighted by Crippen LogP contribution is 2.33. The monoisotopic (exact) mass is 362 g/mol. The Morgan fingerprint density at radius 3 is 2.48 bits per heavy atom. The van der Waals surface area contributed by atoms with E-state index in [0.717, 1.165) is 5.56 Å². The first-order chi connectivity index (χ1) is 11.9. The van der Waals surface area contributed by atoms with Crippen molar-refractivity contribution in [1.82, 2.24) is 9.88 Å². The maximum absolute atomic E-state index is 12.6. The van der Waals surface area contributed by atoms with Gasteiger partial charge in [0.15, 0.2) is 5.75 Å². The highest BCUT2D eigenvalue weighted by molar-refractivity contribution is 6.30. The van der Waals surface area contributed by atoms with E-state index in [9.17, 15) is 14.7 Å². The molecule has 2 aromatic rings. The molecule has 25 heavy (non-hydrogen) atoms. The van der Waals surface area contributed by atoms with Crippen LogP contribution in [-0.4, -0.2) is 41.1 Å². The average molecular weight is 363 g/mol. The summed E-state index contributed by atoms with van der Waals surface area (Å²) >= 11 is 5.89. The quantitative estimate of drug-likeness (QED) is 0.876. The number of aromatic nitrogens is 1. The highest BCUT2D eigenvalue weighted by Gasteiger charge is 2.35. The Balaban J connectivity index is 1.71. The zero-order valence-corrected chi connectivity index (χ0v) is 14.5. The van der Waals surface area contributed by atoms with Crippen LogP contribution in [0.15, 0.2) is 41.3 Å². The Bertz CT molecular complexity index is 824. The van der Waals surface area contributed by atoms with Crippen molar-refractivity contribution in [2.24, 2.45) is 0 Å². The Morgan fingerprint density at radius 1 is 1.28 bits per heavy atom. The topological polar surface area (TPSA) is 82.6 Å². The summed E-state index contributed by atoms with van der Waals surface area (Å²) in [6.45, 7) is 0.790. The SMILES string of the molecule is COc1c[nH]c(C(=O)N2CCC(O)(c3ccc(Cl)cc3)CC2)cc1=O. The summed E-state index contributed by atoms with van der Waals surface area (Å²) in [5.74, 6) is -0.106. The number of hydrogen-bond acceptors (Lipinski definition) is 4. The molecule has 1 amide bonds. The van der Waals surface area contributed by atoms with Crippen molar-refractivity contribution < 1.29 is 14.6 Å². The smallest absolute Gasteiger partial charge is 0.270 e. The molecule has 3 rings (SSSR count). The van der Waals surface area contributed by atoms with Crippen LogP contribution < -0.4 is 10.2 Å². The molecular weight excluding hydrogens is 344 g/mol. The van der Waals surface area contributed by atoms with E-state index >= 15 is 0 Å². The molecule has 0 atom stereocenters. The molecule has 1 saturated heterocycles. The minimum absolute atomic E-state index is 0.160. The van der Waals surface area contributed by atoms with Gasteiger partial charge in [-0.15, -0.1) is 0 Å². The number of rotatable bonds is 3. The van der Waals surface area contributed by atoms with Crippen LogP contribution >= 0.6 is 11.6 Å². The minimum Gasteiger partial charge on any atom is -0.491 e. The maximum atomic E-state index is 12.6. The van der Waals surface area contributed by atoms with Gasteiger partial charge in [0, 0.05) is 30.4 Å². The lowest BCUT2D eigenvalue weighted by Gasteiger charge is -2.38. The summed E-state index contributed by atoms with van der Waals surface area (Å²) < 4.78 is 4.90. The van der Waals surface area contributed by atoms with E-state index in [1.54, 1.807) is 29.2 Å². The number of carbonyl (C=O) groups excluding carboxylic acids is 1. The van der Waals surface area contributed by atoms with Crippen LogP contribution in [0.5, 0.6) is 5.75 Å². The van der Waals surface area contributed by atoms with Gasteiger partial charge in [0.25, 0.3) is 5.91 Å². The van der Waals surface area contributed by atoms with Crippen LogP contribution in [0.3, 0.4) is 0 Å². The van der Waals surface area contributed by atoms with Crippen molar-refractivity contribution in [2.75, 3.05) is 20.2 Å². The lowest BCUT2D eigenvalue weighted by Crippen LogP contribution is -2.45. The van der Waals surface area contributed by atoms with Crippen LogP contribution in [0, 0.1) is 0 Å². The Hall–Kier alpha value is -2.31. The van der Waals surface area contributed by atoms with Gasteiger partial charge in [0.05, 0.1) is 12.7 Å². The first-order valence-electron chi connectivity index (χ1n) is 7.97. The van der Waals surface area contributed by atoms with Gasteiger partial charge in [-0.2, -0.15) is 0 Å². The summed E-state index contributed by atoms with van der Waals surface area (Å²) in [5, 5.41) is 11.5. The number of aromatic amines is 1. The molecule has 1 aliphatic heterocycles. The van der Waals surface area contributed by atoms with Crippen LogP contribution in [-0.2, 0) is 5.60 Å². The summed E-state index contributed by atoms with van der Waals surface area (Å²) in [7, 11) is 1.40. The number of hydrogen-bond donors (Lipinski definition) is 2. The average Bonchev–Trinajstić information content (AvgIpc) is 2.62. The van der Waals surface area contributed by atoms with E-state index in [2.05, 4.69) is 4.98 Å². The molecule has 1 aliphatic rings. The first-order valence-corrected chi connectivity index (χ1v) is 8.35.